The summed E-state index contributed by atoms with van der Waals surface area (Å²) in [5.74, 6) is 0. The van der Waals surface area contributed by atoms with Crippen LogP contribution in [0.1, 0.15) is 24.8 Å². The van der Waals surface area contributed by atoms with Crippen molar-refractivity contribution < 1.29 is 5.11 Å². The van der Waals surface area contributed by atoms with Crippen molar-refractivity contribution in [3.8, 4) is 0 Å². The second kappa shape index (κ2) is 6.18. The van der Waals surface area contributed by atoms with Gasteiger partial charge in [-0.25, -0.2) is 0 Å². The van der Waals surface area contributed by atoms with E-state index < -0.39 is 5.60 Å². The van der Waals surface area contributed by atoms with Gasteiger partial charge in [0.2, 0.25) is 0 Å². The minimum absolute atomic E-state index is 0.142. The van der Waals surface area contributed by atoms with Crippen LogP contribution in [-0.4, -0.2) is 28.2 Å². The summed E-state index contributed by atoms with van der Waals surface area (Å²) >= 11 is 0. The lowest BCUT2D eigenvalue weighted by Gasteiger charge is -2.36. The molecule has 2 rings (SSSR count). The van der Waals surface area contributed by atoms with Crippen LogP contribution in [0.15, 0.2) is 55.6 Å². The molecule has 2 nitrogen and oxygen atoms in total. The van der Waals surface area contributed by atoms with E-state index in [1.54, 1.807) is 6.08 Å². The monoisotopic (exact) mass is 257 g/mol. The molecule has 0 unspecified atom stereocenters. The van der Waals surface area contributed by atoms with Crippen molar-refractivity contribution in [2.75, 3.05) is 6.54 Å². The predicted molar refractivity (Wildman–Crippen MR) is 79.8 cm³/mol. The number of hydrogen-bond acceptors (Lipinski definition) is 2. The Hall–Kier alpha value is -1.38. The molecule has 0 bridgehead atoms. The van der Waals surface area contributed by atoms with Crippen molar-refractivity contribution in [2.45, 2.75) is 37.5 Å². The van der Waals surface area contributed by atoms with Crippen LogP contribution in [0.2, 0.25) is 0 Å². The highest BCUT2D eigenvalue weighted by molar-refractivity contribution is 5.16. The maximum Gasteiger partial charge on any atom is 0.0979 e. The number of hydrogen-bond donors (Lipinski definition) is 1. The normalized spacial score (nSPS) is 26.5. The number of aliphatic hydroxyl groups is 1. The second-order valence-corrected chi connectivity index (χ2v) is 5.31. The van der Waals surface area contributed by atoms with Gasteiger partial charge in [-0.2, -0.15) is 0 Å². The van der Waals surface area contributed by atoms with Crippen molar-refractivity contribution in [1.29, 1.82) is 0 Å². The maximum atomic E-state index is 10.6. The van der Waals surface area contributed by atoms with Crippen molar-refractivity contribution in [1.82, 2.24) is 4.90 Å². The first-order valence-corrected chi connectivity index (χ1v) is 6.94. The number of nitrogens with zero attached hydrogens (tertiary/aromatic N) is 1. The molecule has 0 aromatic heterocycles. The summed E-state index contributed by atoms with van der Waals surface area (Å²) in [5.41, 5.74) is 0.514. The van der Waals surface area contributed by atoms with E-state index in [2.05, 4.69) is 42.3 Å². The standard InChI is InChI=1S/C17H23NO/c1-3-13-18(14-15-9-6-5-7-10-15)16-11-8-12-17(16,19)4-2/h3-7,9-10,16,19H,1-2,8,11-14H2/t16-,17+/m1/s1. The molecule has 0 spiro atoms. The van der Waals surface area contributed by atoms with E-state index in [9.17, 15) is 5.11 Å². The van der Waals surface area contributed by atoms with E-state index in [1.165, 1.54) is 5.56 Å². The molecule has 1 aromatic rings. The zero-order valence-corrected chi connectivity index (χ0v) is 11.5. The van der Waals surface area contributed by atoms with Gasteiger partial charge >= 0.3 is 0 Å². The van der Waals surface area contributed by atoms with Crippen LogP contribution in [-0.2, 0) is 6.54 Å². The lowest BCUT2D eigenvalue weighted by atomic mass is 9.96. The van der Waals surface area contributed by atoms with Crippen LogP contribution in [0.3, 0.4) is 0 Å². The Kier molecular flexibility index (Phi) is 4.56. The summed E-state index contributed by atoms with van der Waals surface area (Å²) in [6.45, 7) is 9.28. The highest BCUT2D eigenvalue weighted by atomic mass is 16.3. The Labute approximate surface area is 116 Å². The Morgan fingerprint density at radius 2 is 2.05 bits per heavy atom. The van der Waals surface area contributed by atoms with Crippen molar-refractivity contribution >= 4 is 0 Å². The van der Waals surface area contributed by atoms with Crippen LogP contribution in [0.5, 0.6) is 0 Å². The van der Waals surface area contributed by atoms with Gasteiger partial charge in [0, 0.05) is 19.1 Å². The van der Waals surface area contributed by atoms with Crippen LogP contribution in [0, 0.1) is 0 Å². The molecule has 1 saturated carbocycles. The molecular formula is C17H23NO. The summed E-state index contributed by atoms with van der Waals surface area (Å²) in [7, 11) is 0. The lowest BCUT2D eigenvalue weighted by Crippen LogP contribution is -2.47. The molecule has 0 heterocycles. The SMILES string of the molecule is C=CCN(Cc1ccccc1)[C@@H]1CCC[C@@]1(O)C=C. The quantitative estimate of drug-likeness (QED) is 0.791. The molecule has 0 radical (unpaired) electrons. The van der Waals surface area contributed by atoms with Crippen molar-refractivity contribution in [3.05, 3.63) is 61.2 Å². The van der Waals surface area contributed by atoms with Gasteiger partial charge < -0.3 is 5.11 Å². The third kappa shape index (κ3) is 3.14. The van der Waals surface area contributed by atoms with Gasteiger partial charge in [-0.05, 0) is 24.8 Å². The first-order chi connectivity index (χ1) is 9.19. The first-order valence-electron chi connectivity index (χ1n) is 6.94. The summed E-state index contributed by atoms with van der Waals surface area (Å²) in [4.78, 5) is 2.30. The number of rotatable bonds is 6. The van der Waals surface area contributed by atoms with Crippen LogP contribution in [0.25, 0.3) is 0 Å². The predicted octanol–water partition coefficient (Wildman–Crippen LogP) is 3.14. The van der Waals surface area contributed by atoms with Crippen molar-refractivity contribution in [3.63, 3.8) is 0 Å². The molecule has 0 amide bonds. The molecular weight excluding hydrogens is 234 g/mol. The van der Waals surface area contributed by atoms with Crippen molar-refractivity contribution in [2.24, 2.45) is 0 Å². The third-order valence-corrected chi connectivity index (χ3v) is 4.02. The van der Waals surface area contributed by atoms with Gasteiger partial charge in [-0.1, -0.05) is 42.5 Å². The van der Waals surface area contributed by atoms with Gasteiger partial charge in [0.25, 0.3) is 0 Å². The Bertz CT molecular complexity index is 428. The molecule has 1 aliphatic carbocycles. The zero-order valence-electron chi connectivity index (χ0n) is 11.5. The largest absolute Gasteiger partial charge is 0.384 e. The van der Waals surface area contributed by atoms with Crippen LogP contribution < -0.4 is 0 Å². The van der Waals surface area contributed by atoms with Crippen LogP contribution >= 0.6 is 0 Å². The van der Waals surface area contributed by atoms with E-state index >= 15 is 0 Å². The average Bonchev–Trinajstić information content (AvgIpc) is 2.82. The van der Waals surface area contributed by atoms with Gasteiger partial charge in [-0.3, -0.25) is 4.90 Å². The molecule has 1 fully saturated rings. The molecule has 2 heteroatoms. The van der Waals surface area contributed by atoms with Gasteiger partial charge in [0.05, 0.1) is 5.60 Å². The van der Waals surface area contributed by atoms with Gasteiger partial charge in [0.15, 0.2) is 0 Å². The fourth-order valence-corrected chi connectivity index (χ4v) is 3.02. The molecule has 2 atom stereocenters. The van der Waals surface area contributed by atoms with E-state index in [4.69, 9.17) is 0 Å². The molecule has 0 saturated heterocycles. The van der Waals surface area contributed by atoms with E-state index in [1.807, 2.05) is 12.1 Å². The highest BCUT2D eigenvalue weighted by Gasteiger charge is 2.41. The minimum atomic E-state index is -0.752. The number of benzene rings is 1. The highest BCUT2D eigenvalue weighted by Crippen LogP contribution is 2.35. The van der Waals surface area contributed by atoms with Crippen LogP contribution in [0.4, 0.5) is 0 Å². The van der Waals surface area contributed by atoms with Gasteiger partial charge in [-0.15, -0.1) is 13.2 Å². The summed E-state index contributed by atoms with van der Waals surface area (Å²) in [6, 6.07) is 10.5. The smallest absolute Gasteiger partial charge is 0.0979 e. The van der Waals surface area contributed by atoms with E-state index in [0.717, 1.165) is 32.4 Å². The summed E-state index contributed by atoms with van der Waals surface area (Å²) < 4.78 is 0. The molecule has 102 valence electrons. The fraction of sp³-hybridized carbons (Fsp3) is 0.412. The minimum Gasteiger partial charge on any atom is -0.384 e. The summed E-state index contributed by atoms with van der Waals surface area (Å²) in [5, 5.41) is 10.6. The Balaban J connectivity index is 2.16. The molecule has 19 heavy (non-hydrogen) atoms. The Morgan fingerprint density at radius 3 is 2.68 bits per heavy atom. The zero-order chi connectivity index (χ0) is 13.7. The third-order valence-electron chi connectivity index (χ3n) is 4.02. The first kappa shape index (κ1) is 14.0. The summed E-state index contributed by atoms with van der Waals surface area (Å²) in [6.07, 6.45) is 6.50. The molecule has 1 N–H and O–H groups in total. The second-order valence-electron chi connectivity index (χ2n) is 5.31. The maximum absolute atomic E-state index is 10.6. The topological polar surface area (TPSA) is 23.5 Å². The average molecular weight is 257 g/mol. The molecule has 0 aliphatic heterocycles. The van der Waals surface area contributed by atoms with E-state index in [0.29, 0.717) is 0 Å². The van der Waals surface area contributed by atoms with E-state index in [-0.39, 0.29) is 6.04 Å². The lowest BCUT2D eigenvalue weighted by molar-refractivity contribution is 0.0120. The Morgan fingerprint density at radius 1 is 1.32 bits per heavy atom. The fourth-order valence-electron chi connectivity index (χ4n) is 3.02. The molecule has 1 aliphatic rings. The molecule has 1 aromatic carbocycles. The van der Waals surface area contributed by atoms with Gasteiger partial charge in [0.1, 0.15) is 0 Å².